The molecule has 0 heterocycles. The highest BCUT2D eigenvalue weighted by Gasteiger charge is 2.26. The zero-order valence-electron chi connectivity index (χ0n) is 18.2. The zero-order chi connectivity index (χ0) is 19.3. The van der Waals surface area contributed by atoms with Crippen LogP contribution in [0.2, 0.25) is 0 Å². The maximum Gasteiger partial charge on any atom is -0.0114 e. The van der Waals surface area contributed by atoms with E-state index in [-0.39, 0.29) is 0 Å². The van der Waals surface area contributed by atoms with Crippen LogP contribution in [-0.2, 0) is 38.5 Å². The largest absolute Gasteiger partial charge is 0.0654 e. The van der Waals surface area contributed by atoms with Crippen LogP contribution in [0.15, 0.2) is 24.3 Å². The lowest BCUT2D eigenvalue weighted by Gasteiger charge is -2.31. The van der Waals surface area contributed by atoms with Gasteiger partial charge in [-0.25, -0.2) is 0 Å². The van der Waals surface area contributed by atoms with E-state index in [1.54, 1.807) is 44.5 Å². The molecule has 28 heavy (non-hydrogen) atoms. The molecule has 0 aliphatic heterocycles. The van der Waals surface area contributed by atoms with Crippen LogP contribution in [0.25, 0.3) is 11.1 Å². The smallest absolute Gasteiger partial charge is 0.0114 e. The van der Waals surface area contributed by atoms with Crippen LogP contribution >= 0.6 is 0 Å². The summed E-state index contributed by atoms with van der Waals surface area (Å²) in [6.45, 7) is 4.60. The highest BCUT2D eigenvalue weighted by atomic mass is 14.3. The average molecular weight is 375 g/mol. The number of benzene rings is 2. The second-order valence-electron chi connectivity index (χ2n) is 9.20. The minimum atomic E-state index is 1.25. The molecular formula is C28H38. The lowest BCUT2D eigenvalue weighted by atomic mass is 9.74. The summed E-state index contributed by atoms with van der Waals surface area (Å²) < 4.78 is 0. The summed E-state index contributed by atoms with van der Waals surface area (Å²) in [5.74, 6) is 0. The van der Waals surface area contributed by atoms with E-state index in [4.69, 9.17) is 0 Å². The number of rotatable bonds is 10. The first-order valence-electron chi connectivity index (χ1n) is 12.1. The van der Waals surface area contributed by atoms with Gasteiger partial charge in [-0.3, -0.25) is 0 Å². The lowest BCUT2D eigenvalue weighted by molar-refractivity contribution is 0.665. The topological polar surface area (TPSA) is 0 Å². The van der Waals surface area contributed by atoms with Crippen molar-refractivity contribution >= 4 is 0 Å². The summed E-state index contributed by atoms with van der Waals surface area (Å²) >= 11 is 0. The van der Waals surface area contributed by atoms with E-state index in [0.29, 0.717) is 0 Å². The van der Waals surface area contributed by atoms with E-state index in [0.717, 1.165) is 0 Å². The molecule has 150 valence electrons. The Morgan fingerprint density at radius 1 is 0.500 bits per heavy atom. The SMILES string of the molecule is CCCCCCc1cc2c3c(c1)CCc1cc(CCCCCC)cc(c1-3)CC2. The first-order chi connectivity index (χ1) is 13.8. The van der Waals surface area contributed by atoms with Crippen molar-refractivity contribution in [1.29, 1.82) is 0 Å². The molecule has 0 amide bonds. The molecule has 0 saturated carbocycles. The van der Waals surface area contributed by atoms with Gasteiger partial charge in [0, 0.05) is 0 Å². The van der Waals surface area contributed by atoms with Crippen LogP contribution in [0.3, 0.4) is 0 Å². The number of unbranched alkanes of at least 4 members (excludes halogenated alkanes) is 6. The molecule has 0 radical (unpaired) electrons. The minimum Gasteiger partial charge on any atom is -0.0654 e. The molecule has 0 unspecified atom stereocenters. The van der Waals surface area contributed by atoms with Gasteiger partial charge in [-0.15, -0.1) is 0 Å². The molecule has 2 aromatic carbocycles. The predicted molar refractivity (Wildman–Crippen MR) is 122 cm³/mol. The fourth-order valence-corrected chi connectivity index (χ4v) is 5.45. The van der Waals surface area contributed by atoms with Crippen LogP contribution in [0.4, 0.5) is 0 Å². The Morgan fingerprint density at radius 2 is 0.857 bits per heavy atom. The summed E-state index contributed by atoms with van der Waals surface area (Å²) in [6.07, 6.45) is 18.4. The first kappa shape index (κ1) is 19.7. The summed E-state index contributed by atoms with van der Waals surface area (Å²) in [7, 11) is 0. The van der Waals surface area contributed by atoms with Gasteiger partial charge in [0.2, 0.25) is 0 Å². The first-order valence-corrected chi connectivity index (χ1v) is 12.1. The molecule has 0 saturated heterocycles. The second kappa shape index (κ2) is 9.29. The van der Waals surface area contributed by atoms with Gasteiger partial charge in [0.05, 0.1) is 0 Å². The third-order valence-electron chi connectivity index (χ3n) is 6.94. The van der Waals surface area contributed by atoms with E-state index in [2.05, 4.69) is 38.1 Å². The molecule has 0 aromatic heterocycles. The Balaban J connectivity index is 1.56. The van der Waals surface area contributed by atoms with Gasteiger partial charge in [-0.2, -0.15) is 0 Å². The maximum atomic E-state index is 2.56. The molecule has 0 spiro atoms. The highest BCUT2D eigenvalue weighted by Crippen LogP contribution is 2.43. The molecule has 2 aliphatic carbocycles. The van der Waals surface area contributed by atoms with Crippen molar-refractivity contribution in [2.24, 2.45) is 0 Å². The molecule has 0 atom stereocenters. The Bertz CT molecular complexity index is 691. The van der Waals surface area contributed by atoms with E-state index in [1.807, 2.05) is 0 Å². The fourth-order valence-electron chi connectivity index (χ4n) is 5.45. The minimum absolute atomic E-state index is 1.25. The lowest BCUT2D eigenvalue weighted by Crippen LogP contribution is -2.15. The number of hydrogen-bond acceptors (Lipinski definition) is 0. The fraction of sp³-hybridized carbons (Fsp3) is 0.571. The number of hydrogen-bond donors (Lipinski definition) is 0. The molecule has 0 N–H and O–H groups in total. The van der Waals surface area contributed by atoms with Crippen LogP contribution in [0.1, 0.15) is 98.6 Å². The van der Waals surface area contributed by atoms with Crippen LogP contribution in [0, 0.1) is 0 Å². The van der Waals surface area contributed by atoms with Crippen molar-refractivity contribution in [3.63, 3.8) is 0 Å². The normalized spacial score (nSPS) is 14.2. The second-order valence-corrected chi connectivity index (χ2v) is 9.20. The summed E-state index contributed by atoms with van der Waals surface area (Å²) in [6, 6.07) is 10.2. The van der Waals surface area contributed by atoms with Gasteiger partial charge >= 0.3 is 0 Å². The highest BCUT2D eigenvalue weighted by molar-refractivity contribution is 5.81. The van der Waals surface area contributed by atoms with Crippen LogP contribution in [-0.4, -0.2) is 0 Å². The van der Waals surface area contributed by atoms with E-state index in [1.165, 1.54) is 89.9 Å². The molecule has 0 fully saturated rings. The van der Waals surface area contributed by atoms with Crippen LogP contribution in [0.5, 0.6) is 0 Å². The van der Waals surface area contributed by atoms with E-state index < -0.39 is 0 Å². The van der Waals surface area contributed by atoms with Crippen molar-refractivity contribution in [2.75, 3.05) is 0 Å². The Labute approximate surface area is 172 Å². The Morgan fingerprint density at radius 3 is 1.18 bits per heavy atom. The zero-order valence-corrected chi connectivity index (χ0v) is 18.2. The van der Waals surface area contributed by atoms with Crippen molar-refractivity contribution in [3.05, 3.63) is 57.6 Å². The van der Waals surface area contributed by atoms with Crippen LogP contribution < -0.4 is 0 Å². The molecule has 4 rings (SSSR count). The van der Waals surface area contributed by atoms with Crippen molar-refractivity contribution in [1.82, 2.24) is 0 Å². The van der Waals surface area contributed by atoms with Gasteiger partial charge in [-0.05, 0) is 95.9 Å². The van der Waals surface area contributed by atoms with Gasteiger partial charge in [0.15, 0.2) is 0 Å². The van der Waals surface area contributed by atoms with Gasteiger partial charge in [-0.1, -0.05) is 76.6 Å². The molecule has 0 bridgehead atoms. The Kier molecular flexibility index (Phi) is 6.55. The number of aryl methyl sites for hydroxylation is 6. The third-order valence-corrected chi connectivity index (χ3v) is 6.94. The predicted octanol–water partition coefficient (Wildman–Crippen LogP) is 7.80. The van der Waals surface area contributed by atoms with Crippen molar-refractivity contribution < 1.29 is 0 Å². The molecule has 0 heteroatoms. The van der Waals surface area contributed by atoms with Gasteiger partial charge in [0.25, 0.3) is 0 Å². The molecule has 2 aliphatic rings. The summed E-state index contributed by atoms with van der Waals surface area (Å²) in [5.41, 5.74) is 13.1. The van der Waals surface area contributed by atoms with E-state index >= 15 is 0 Å². The summed E-state index contributed by atoms with van der Waals surface area (Å²) in [5, 5.41) is 0. The monoisotopic (exact) mass is 374 g/mol. The maximum absolute atomic E-state index is 2.56. The average Bonchev–Trinajstić information content (AvgIpc) is 2.72. The van der Waals surface area contributed by atoms with E-state index in [9.17, 15) is 0 Å². The standard InChI is InChI=1S/C28H38/c1-3-5-7-9-11-21-17-23-13-15-25-19-22(12-10-8-6-4-2)20-26-16-14-24(18-21)27(23)28(25)26/h17-20H,3-16H2,1-2H3. The van der Waals surface area contributed by atoms with Gasteiger partial charge < -0.3 is 0 Å². The molecular weight excluding hydrogens is 336 g/mol. The van der Waals surface area contributed by atoms with Crippen molar-refractivity contribution in [2.45, 2.75) is 104 Å². The molecule has 2 aromatic rings. The quantitative estimate of drug-likeness (QED) is 0.372. The Hall–Kier alpha value is -1.56. The van der Waals surface area contributed by atoms with Gasteiger partial charge in [0.1, 0.15) is 0 Å². The van der Waals surface area contributed by atoms with Crippen molar-refractivity contribution in [3.8, 4) is 11.1 Å². The summed E-state index contributed by atoms with van der Waals surface area (Å²) in [4.78, 5) is 0. The molecule has 0 nitrogen and oxygen atoms in total. The third kappa shape index (κ3) is 4.22.